The molecule has 0 saturated carbocycles. The van der Waals surface area contributed by atoms with Crippen molar-refractivity contribution in [1.29, 1.82) is 0 Å². The van der Waals surface area contributed by atoms with Gasteiger partial charge in [0.2, 0.25) is 5.76 Å². The summed E-state index contributed by atoms with van der Waals surface area (Å²) in [4.78, 5) is 26.2. The summed E-state index contributed by atoms with van der Waals surface area (Å²) in [6.45, 7) is 3.09. The number of ether oxygens (including phenoxy) is 1. The summed E-state index contributed by atoms with van der Waals surface area (Å²) < 4.78 is 10.6. The molecule has 0 atom stereocenters. The number of halogens is 1. The van der Waals surface area contributed by atoms with E-state index < -0.39 is 5.97 Å². The van der Waals surface area contributed by atoms with Gasteiger partial charge in [-0.25, -0.2) is 4.79 Å². The second-order valence-corrected chi connectivity index (χ2v) is 5.74. The first-order valence-corrected chi connectivity index (χ1v) is 7.64. The van der Waals surface area contributed by atoms with Crippen LogP contribution in [0.3, 0.4) is 0 Å². The number of nitrogens with zero attached hydrogens (tertiary/aromatic N) is 1. The Morgan fingerprint density at radius 3 is 2.82 bits per heavy atom. The van der Waals surface area contributed by atoms with Crippen LogP contribution in [-0.4, -0.2) is 37.1 Å². The van der Waals surface area contributed by atoms with E-state index in [0.29, 0.717) is 29.1 Å². The fourth-order valence-corrected chi connectivity index (χ4v) is 2.75. The molecule has 2 aromatic rings. The summed E-state index contributed by atoms with van der Waals surface area (Å²) in [7, 11) is 0. The number of carbonyl (C=O) groups is 1. The topological polar surface area (TPSA) is 59.8 Å². The minimum atomic E-state index is -0.617. The molecule has 1 aromatic heterocycles. The van der Waals surface area contributed by atoms with Gasteiger partial charge < -0.3 is 9.15 Å². The van der Waals surface area contributed by atoms with E-state index >= 15 is 0 Å². The van der Waals surface area contributed by atoms with E-state index in [-0.39, 0.29) is 11.2 Å². The van der Waals surface area contributed by atoms with Gasteiger partial charge in [0.15, 0.2) is 5.43 Å². The van der Waals surface area contributed by atoms with Crippen LogP contribution in [0.4, 0.5) is 0 Å². The standard InChI is InChI=1S/C16H16ClNO4/c17-11-3-4-14-12(9-11)13(19)10-15(22-14)16(20)21-8-7-18-5-1-2-6-18/h3-4,9-10H,1-2,5-8H2. The van der Waals surface area contributed by atoms with Crippen LogP contribution in [0.1, 0.15) is 23.4 Å². The maximum Gasteiger partial charge on any atom is 0.374 e. The van der Waals surface area contributed by atoms with Gasteiger partial charge in [-0.2, -0.15) is 0 Å². The average Bonchev–Trinajstić information content (AvgIpc) is 3.01. The number of hydrogen-bond acceptors (Lipinski definition) is 5. The van der Waals surface area contributed by atoms with Crippen LogP contribution in [0.25, 0.3) is 11.0 Å². The van der Waals surface area contributed by atoms with Gasteiger partial charge >= 0.3 is 5.97 Å². The van der Waals surface area contributed by atoms with Gasteiger partial charge in [0.25, 0.3) is 0 Å². The number of hydrogen-bond donors (Lipinski definition) is 0. The number of esters is 1. The molecule has 1 saturated heterocycles. The van der Waals surface area contributed by atoms with E-state index in [4.69, 9.17) is 20.8 Å². The molecule has 0 N–H and O–H groups in total. The van der Waals surface area contributed by atoms with E-state index in [2.05, 4.69) is 4.90 Å². The van der Waals surface area contributed by atoms with Crippen LogP contribution in [0.15, 0.2) is 33.5 Å². The minimum Gasteiger partial charge on any atom is -0.458 e. The molecule has 1 fully saturated rings. The second-order valence-electron chi connectivity index (χ2n) is 5.30. The molecular weight excluding hydrogens is 306 g/mol. The first-order chi connectivity index (χ1) is 10.6. The lowest BCUT2D eigenvalue weighted by molar-refractivity contribution is 0.0437. The van der Waals surface area contributed by atoms with Gasteiger partial charge in [0.05, 0.1) is 5.39 Å². The van der Waals surface area contributed by atoms with Gasteiger partial charge in [-0.1, -0.05) is 11.6 Å². The monoisotopic (exact) mass is 321 g/mol. The van der Waals surface area contributed by atoms with Crippen molar-refractivity contribution in [2.75, 3.05) is 26.2 Å². The highest BCUT2D eigenvalue weighted by Crippen LogP contribution is 2.18. The van der Waals surface area contributed by atoms with E-state index in [1.165, 1.54) is 18.9 Å². The Balaban J connectivity index is 1.70. The molecule has 1 aromatic carbocycles. The highest BCUT2D eigenvalue weighted by molar-refractivity contribution is 6.31. The van der Waals surface area contributed by atoms with Crippen LogP contribution in [-0.2, 0) is 4.74 Å². The zero-order chi connectivity index (χ0) is 15.5. The number of likely N-dealkylation sites (tertiary alicyclic amines) is 1. The smallest absolute Gasteiger partial charge is 0.374 e. The number of rotatable bonds is 4. The summed E-state index contributed by atoms with van der Waals surface area (Å²) in [5.41, 5.74) is 0.0126. The third-order valence-electron chi connectivity index (χ3n) is 3.73. The van der Waals surface area contributed by atoms with Crippen LogP contribution in [0.5, 0.6) is 0 Å². The van der Waals surface area contributed by atoms with Gasteiger partial charge in [0.1, 0.15) is 12.2 Å². The van der Waals surface area contributed by atoms with Crippen LogP contribution in [0, 0.1) is 0 Å². The molecular formula is C16H16ClNO4. The van der Waals surface area contributed by atoms with Gasteiger partial charge in [-0.3, -0.25) is 9.69 Å². The van der Waals surface area contributed by atoms with Crippen molar-refractivity contribution in [3.05, 3.63) is 45.3 Å². The SMILES string of the molecule is O=C(OCCN1CCCC1)c1cc(=O)c2cc(Cl)ccc2o1. The molecule has 116 valence electrons. The summed E-state index contributed by atoms with van der Waals surface area (Å²) in [6, 6.07) is 5.84. The zero-order valence-corrected chi connectivity index (χ0v) is 12.8. The van der Waals surface area contributed by atoms with Crippen molar-refractivity contribution < 1.29 is 13.9 Å². The lowest BCUT2D eigenvalue weighted by Crippen LogP contribution is -2.25. The van der Waals surface area contributed by atoms with Gasteiger partial charge in [0, 0.05) is 17.6 Å². The molecule has 6 heteroatoms. The molecule has 0 radical (unpaired) electrons. The lowest BCUT2D eigenvalue weighted by Gasteiger charge is -2.13. The van der Waals surface area contributed by atoms with Crippen molar-refractivity contribution >= 4 is 28.5 Å². The third kappa shape index (κ3) is 3.31. The molecule has 0 aliphatic carbocycles. The van der Waals surface area contributed by atoms with Crippen molar-refractivity contribution in [3.63, 3.8) is 0 Å². The first-order valence-electron chi connectivity index (χ1n) is 7.26. The Morgan fingerprint density at radius 1 is 1.27 bits per heavy atom. The van der Waals surface area contributed by atoms with Crippen LogP contribution < -0.4 is 5.43 Å². The van der Waals surface area contributed by atoms with Gasteiger partial charge in [-0.15, -0.1) is 0 Å². The Bertz CT molecular complexity index is 749. The maximum atomic E-state index is 12.0. The van der Waals surface area contributed by atoms with E-state index in [0.717, 1.165) is 19.2 Å². The van der Waals surface area contributed by atoms with Crippen molar-refractivity contribution in [2.24, 2.45) is 0 Å². The predicted octanol–water partition coefficient (Wildman–Crippen LogP) is 2.70. The fourth-order valence-electron chi connectivity index (χ4n) is 2.57. The molecule has 5 nitrogen and oxygen atoms in total. The zero-order valence-electron chi connectivity index (χ0n) is 12.0. The van der Waals surface area contributed by atoms with Gasteiger partial charge in [-0.05, 0) is 44.1 Å². The molecule has 0 unspecified atom stereocenters. The predicted molar refractivity (Wildman–Crippen MR) is 83.5 cm³/mol. The Hall–Kier alpha value is -1.85. The van der Waals surface area contributed by atoms with E-state index in [9.17, 15) is 9.59 Å². The number of fused-ring (bicyclic) bond motifs is 1. The summed E-state index contributed by atoms with van der Waals surface area (Å²) in [5.74, 6) is -0.700. The Morgan fingerprint density at radius 2 is 2.05 bits per heavy atom. The molecule has 1 aliphatic heterocycles. The highest BCUT2D eigenvalue weighted by atomic mass is 35.5. The fraction of sp³-hybridized carbons (Fsp3) is 0.375. The largest absolute Gasteiger partial charge is 0.458 e. The Kier molecular flexibility index (Phi) is 4.45. The Labute approximate surface area is 132 Å². The normalized spacial score (nSPS) is 15.3. The molecule has 0 bridgehead atoms. The molecule has 0 spiro atoms. The molecule has 3 rings (SSSR count). The molecule has 0 amide bonds. The van der Waals surface area contributed by atoms with E-state index in [1.807, 2.05) is 0 Å². The van der Waals surface area contributed by atoms with Crippen molar-refractivity contribution in [3.8, 4) is 0 Å². The molecule has 2 heterocycles. The quantitative estimate of drug-likeness (QED) is 0.810. The average molecular weight is 322 g/mol. The van der Waals surface area contributed by atoms with Crippen LogP contribution in [0.2, 0.25) is 5.02 Å². The summed E-state index contributed by atoms with van der Waals surface area (Å²) >= 11 is 5.85. The first kappa shape index (κ1) is 15.1. The third-order valence-corrected chi connectivity index (χ3v) is 3.96. The second kappa shape index (κ2) is 6.50. The highest BCUT2D eigenvalue weighted by Gasteiger charge is 2.16. The molecule has 22 heavy (non-hydrogen) atoms. The van der Waals surface area contributed by atoms with Crippen LogP contribution >= 0.6 is 11.6 Å². The summed E-state index contributed by atoms with van der Waals surface area (Å²) in [6.07, 6.45) is 2.38. The number of carbonyl (C=O) groups excluding carboxylic acids is 1. The van der Waals surface area contributed by atoms with Crippen molar-refractivity contribution in [1.82, 2.24) is 4.90 Å². The minimum absolute atomic E-state index is 0.0822. The van der Waals surface area contributed by atoms with Crippen molar-refractivity contribution in [2.45, 2.75) is 12.8 Å². The van der Waals surface area contributed by atoms with E-state index in [1.54, 1.807) is 12.1 Å². The lowest BCUT2D eigenvalue weighted by atomic mass is 10.2. The maximum absolute atomic E-state index is 12.0. The number of benzene rings is 1. The molecule has 1 aliphatic rings. The summed E-state index contributed by atoms with van der Waals surface area (Å²) in [5, 5.41) is 0.793.